The van der Waals surface area contributed by atoms with Crippen LogP contribution in [0.5, 0.6) is 5.75 Å². The van der Waals surface area contributed by atoms with Gasteiger partial charge in [-0.3, -0.25) is 14.4 Å². The van der Waals surface area contributed by atoms with Crippen LogP contribution in [0, 0.1) is 0 Å². The molecule has 152 valence electrons. The zero-order valence-electron chi connectivity index (χ0n) is 16.9. The number of fused-ring (bicyclic) bond motifs is 1. The van der Waals surface area contributed by atoms with Crippen LogP contribution in [-0.4, -0.2) is 30.7 Å². The Morgan fingerprint density at radius 3 is 2.69 bits per heavy atom. The lowest BCUT2D eigenvalue weighted by atomic mass is 10.0. The third-order valence-corrected chi connectivity index (χ3v) is 4.88. The van der Waals surface area contributed by atoms with Gasteiger partial charge in [0.05, 0.1) is 5.56 Å². The van der Waals surface area contributed by atoms with Gasteiger partial charge in [0.1, 0.15) is 5.75 Å². The van der Waals surface area contributed by atoms with Gasteiger partial charge in [-0.25, -0.2) is 0 Å². The van der Waals surface area contributed by atoms with Gasteiger partial charge in [-0.1, -0.05) is 25.1 Å². The van der Waals surface area contributed by atoms with E-state index in [1.165, 1.54) is 6.92 Å². The van der Waals surface area contributed by atoms with Gasteiger partial charge in [0.15, 0.2) is 12.4 Å². The van der Waals surface area contributed by atoms with Crippen molar-refractivity contribution in [3.8, 4) is 5.75 Å². The maximum atomic E-state index is 12.8. The molecule has 0 bridgehead atoms. The van der Waals surface area contributed by atoms with Crippen LogP contribution >= 0.6 is 0 Å². The molecule has 6 heteroatoms. The van der Waals surface area contributed by atoms with Crippen molar-refractivity contribution in [1.82, 2.24) is 0 Å². The number of nitrogens with zero attached hydrogens (tertiary/aromatic N) is 1. The monoisotopic (exact) mass is 394 g/mol. The molecule has 0 atom stereocenters. The Morgan fingerprint density at radius 1 is 1.14 bits per heavy atom. The number of hydrogen-bond acceptors (Lipinski definition) is 4. The Bertz CT molecular complexity index is 923. The second-order valence-corrected chi connectivity index (χ2v) is 7.13. The number of anilines is 2. The predicted molar refractivity (Wildman–Crippen MR) is 113 cm³/mol. The van der Waals surface area contributed by atoms with Gasteiger partial charge in [0.25, 0.3) is 5.91 Å². The smallest absolute Gasteiger partial charge is 0.264 e. The Kier molecular flexibility index (Phi) is 6.65. The van der Waals surface area contributed by atoms with Crippen molar-refractivity contribution in [2.24, 2.45) is 0 Å². The van der Waals surface area contributed by atoms with Crippen molar-refractivity contribution >= 4 is 29.0 Å². The van der Waals surface area contributed by atoms with Gasteiger partial charge in [-0.2, -0.15) is 0 Å². The highest BCUT2D eigenvalue weighted by atomic mass is 16.5. The molecule has 29 heavy (non-hydrogen) atoms. The van der Waals surface area contributed by atoms with E-state index in [9.17, 15) is 14.4 Å². The van der Waals surface area contributed by atoms with E-state index in [0.29, 0.717) is 30.0 Å². The minimum Gasteiger partial charge on any atom is -0.483 e. The Balaban J connectivity index is 1.71. The summed E-state index contributed by atoms with van der Waals surface area (Å²) in [6.45, 7) is 3.86. The fraction of sp³-hybridized carbons (Fsp3) is 0.348. The summed E-state index contributed by atoms with van der Waals surface area (Å²) < 4.78 is 5.71. The predicted octanol–water partition coefficient (Wildman–Crippen LogP) is 3.99. The van der Waals surface area contributed by atoms with Gasteiger partial charge in [0, 0.05) is 24.3 Å². The normalized spacial score (nSPS) is 12.8. The molecule has 3 rings (SSSR count). The third kappa shape index (κ3) is 5.02. The standard InChI is InChI=1S/C23H26N2O4/c1-3-7-22(27)24-18-11-12-21(19(14-18)16(2)26)29-15-23(28)25-13-6-9-17-8-4-5-10-20(17)25/h4-5,8,10-12,14H,3,6-7,9,13,15H2,1-2H3,(H,24,27). The largest absolute Gasteiger partial charge is 0.483 e. The Hall–Kier alpha value is -3.15. The van der Waals surface area contributed by atoms with E-state index in [4.69, 9.17) is 4.74 Å². The van der Waals surface area contributed by atoms with Gasteiger partial charge < -0.3 is 15.0 Å². The molecule has 0 fully saturated rings. The fourth-order valence-electron chi connectivity index (χ4n) is 3.47. The lowest BCUT2D eigenvalue weighted by molar-refractivity contribution is -0.120. The van der Waals surface area contributed by atoms with Gasteiger partial charge in [-0.05, 0) is 56.0 Å². The zero-order valence-corrected chi connectivity index (χ0v) is 16.9. The summed E-state index contributed by atoms with van der Waals surface area (Å²) in [6.07, 6.45) is 3.03. The molecule has 1 aliphatic heterocycles. The highest BCUT2D eigenvalue weighted by Crippen LogP contribution is 2.28. The molecule has 0 saturated heterocycles. The van der Waals surface area contributed by atoms with Crippen molar-refractivity contribution in [3.63, 3.8) is 0 Å². The average molecular weight is 394 g/mol. The number of carbonyl (C=O) groups is 3. The second kappa shape index (κ2) is 9.37. The van der Waals surface area contributed by atoms with Gasteiger partial charge in [-0.15, -0.1) is 0 Å². The summed E-state index contributed by atoms with van der Waals surface area (Å²) >= 11 is 0. The fourth-order valence-corrected chi connectivity index (χ4v) is 3.47. The van der Waals surface area contributed by atoms with Crippen LogP contribution < -0.4 is 15.0 Å². The lowest BCUT2D eigenvalue weighted by Crippen LogP contribution is -2.38. The van der Waals surface area contributed by atoms with E-state index in [0.717, 1.165) is 30.5 Å². The molecule has 0 saturated carbocycles. The Morgan fingerprint density at radius 2 is 1.93 bits per heavy atom. The van der Waals surface area contributed by atoms with Crippen molar-refractivity contribution < 1.29 is 19.1 Å². The maximum absolute atomic E-state index is 12.8. The molecule has 1 N–H and O–H groups in total. The van der Waals surface area contributed by atoms with Gasteiger partial charge in [0.2, 0.25) is 5.91 Å². The average Bonchev–Trinajstić information content (AvgIpc) is 2.72. The summed E-state index contributed by atoms with van der Waals surface area (Å²) in [7, 11) is 0. The number of carbonyl (C=O) groups excluding carboxylic acids is 3. The van der Waals surface area contributed by atoms with E-state index < -0.39 is 0 Å². The number of para-hydroxylation sites is 1. The number of nitrogens with one attached hydrogen (secondary N) is 1. The molecule has 6 nitrogen and oxygen atoms in total. The first-order valence-corrected chi connectivity index (χ1v) is 9.95. The molecule has 0 unspecified atom stereocenters. The molecule has 2 amide bonds. The van der Waals surface area contributed by atoms with Crippen molar-refractivity contribution in [2.75, 3.05) is 23.4 Å². The van der Waals surface area contributed by atoms with Crippen LogP contribution in [0.1, 0.15) is 49.0 Å². The number of Topliss-reactive ketones (excluding diaryl/α,β-unsaturated/α-hetero) is 1. The quantitative estimate of drug-likeness (QED) is 0.721. The summed E-state index contributed by atoms with van der Waals surface area (Å²) in [4.78, 5) is 38.3. The first-order valence-electron chi connectivity index (χ1n) is 9.95. The molecule has 2 aromatic carbocycles. The van der Waals surface area contributed by atoms with Crippen LogP contribution in [0.15, 0.2) is 42.5 Å². The first kappa shape index (κ1) is 20.6. The highest BCUT2D eigenvalue weighted by molar-refractivity contribution is 6.00. The van der Waals surface area contributed by atoms with Crippen LogP contribution in [-0.2, 0) is 16.0 Å². The summed E-state index contributed by atoms with van der Waals surface area (Å²) in [5, 5.41) is 2.77. The van der Waals surface area contributed by atoms with E-state index in [-0.39, 0.29) is 24.2 Å². The van der Waals surface area contributed by atoms with Crippen LogP contribution in [0.2, 0.25) is 0 Å². The Labute approximate surface area is 170 Å². The molecule has 1 heterocycles. The van der Waals surface area contributed by atoms with Gasteiger partial charge >= 0.3 is 0 Å². The number of aryl methyl sites for hydroxylation is 1. The van der Waals surface area contributed by atoms with Crippen molar-refractivity contribution in [1.29, 1.82) is 0 Å². The van der Waals surface area contributed by atoms with E-state index in [1.54, 1.807) is 23.1 Å². The molecule has 1 aliphatic rings. The van der Waals surface area contributed by atoms with Crippen molar-refractivity contribution in [3.05, 3.63) is 53.6 Å². The zero-order chi connectivity index (χ0) is 20.8. The topological polar surface area (TPSA) is 75.7 Å². The lowest BCUT2D eigenvalue weighted by Gasteiger charge is -2.29. The molecule has 0 radical (unpaired) electrons. The van der Waals surface area contributed by atoms with E-state index in [1.807, 2.05) is 31.2 Å². The number of ketones is 1. The minimum absolute atomic E-state index is 0.102. The summed E-state index contributed by atoms with van der Waals surface area (Å²) in [6, 6.07) is 12.8. The molecular weight excluding hydrogens is 368 g/mol. The molecular formula is C23H26N2O4. The number of ether oxygens (including phenoxy) is 1. The molecule has 0 aromatic heterocycles. The van der Waals surface area contributed by atoms with Crippen LogP contribution in [0.3, 0.4) is 0 Å². The first-order chi connectivity index (χ1) is 14.0. The second-order valence-electron chi connectivity index (χ2n) is 7.13. The number of benzene rings is 2. The van der Waals surface area contributed by atoms with E-state index >= 15 is 0 Å². The summed E-state index contributed by atoms with van der Waals surface area (Å²) in [5.74, 6) is -0.103. The number of amides is 2. The molecule has 2 aromatic rings. The summed E-state index contributed by atoms with van der Waals surface area (Å²) in [5.41, 5.74) is 2.96. The minimum atomic E-state index is -0.192. The third-order valence-electron chi connectivity index (χ3n) is 4.88. The van der Waals surface area contributed by atoms with Crippen LogP contribution in [0.25, 0.3) is 0 Å². The van der Waals surface area contributed by atoms with Crippen molar-refractivity contribution in [2.45, 2.75) is 39.5 Å². The number of rotatable bonds is 7. The van der Waals surface area contributed by atoms with Crippen LogP contribution in [0.4, 0.5) is 11.4 Å². The SMILES string of the molecule is CCCC(=O)Nc1ccc(OCC(=O)N2CCCc3ccccc32)c(C(C)=O)c1. The van der Waals surface area contributed by atoms with E-state index in [2.05, 4.69) is 5.32 Å². The highest BCUT2D eigenvalue weighted by Gasteiger charge is 2.23. The molecule has 0 aliphatic carbocycles. The molecule has 0 spiro atoms. The number of hydrogen-bond donors (Lipinski definition) is 1. The maximum Gasteiger partial charge on any atom is 0.264 e.